The van der Waals surface area contributed by atoms with E-state index in [1.54, 1.807) is 18.2 Å². The summed E-state index contributed by atoms with van der Waals surface area (Å²) in [6.45, 7) is 0. The van der Waals surface area contributed by atoms with Crippen LogP contribution in [0.4, 0.5) is 0 Å². The van der Waals surface area contributed by atoms with Gasteiger partial charge in [-0.1, -0.05) is 29.3 Å². The Morgan fingerprint density at radius 1 is 1.28 bits per heavy atom. The molecule has 1 N–H and O–H groups in total. The van der Waals surface area contributed by atoms with E-state index in [1.807, 2.05) is 0 Å². The van der Waals surface area contributed by atoms with Gasteiger partial charge in [0.05, 0.1) is 21.8 Å². The first-order chi connectivity index (χ1) is 8.56. The van der Waals surface area contributed by atoms with Crippen LogP contribution in [0.2, 0.25) is 10.0 Å². The maximum Gasteiger partial charge on any atom is 0.224 e. The van der Waals surface area contributed by atoms with Crippen LogP contribution in [0, 0.1) is 0 Å². The number of hydrogen-bond acceptors (Lipinski definition) is 1. The zero-order chi connectivity index (χ0) is 13.1. The van der Waals surface area contributed by atoms with Crippen molar-refractivity contribution < 1.29 is 4.79 Å². The van der Waals surface area contributed by atoms with Gasteiger partial charge >= 0.3 is 0 Å². The number of carbonyl (C=O) groups excluding carboxylic acids is 1. The van der Waals surface area contributed by atoms with Crippen LogP contribution in [0.25, 0.3) is 0 Å². The summed E-state index contributed by atoms with van der Waals surface area (Å²) < 4.78 is 0. The van der Waals surface area contributed by atoms with E-state index in [0.29, 0.717) is 16.5 Å². The molecule has 1 aromatic rings. The van der Waals surface area contributed by atoms with E-state index in [9.17, 15) is 4.79 Å². The van der Waals surface area contributed by atoms with Crippen LogP contribution in [-0.2, 0) is 11.2 Å². The van der Waals surface area contributed by atoms with E-state index >= 15 is 0 Å². The van der Waals surface area contributed by atoms with Crippen LogP contribution in [-0.4, -0.2) is 17.3 Å². The Bertz CT molecular complexity index is 450. The number of benzene rings is 1. The molecule has 1 aromatic carbocycles. The van der Waals surface area contributed by atoms with Gasteiger partial charge in [-0.2, -0.15) is 0 Å². The van der Waals surface area contributed by atoms with Crippen LogP contribution in [0.3, 0.4) is 0 Å². The van der Waals surface area contributed by atoms with Gasteiger partial charge in [0, 0.05) is 6.04 Å². The second-order valence-electron chi connectivity index (χ2n) is 4.55. The third-order valence-corrected chi connectivity index (χ3v) is 4.39. The highest BCUT2D eigenvalue weighted by atomic mass is 35.5. The van der Waals surface area contributed by atoms with Crippen molar-refractivity contribution >= 4 is 40.7 Å². The Morgan fingerprint density at radius 3 is 2.67 bits per heavy atom. The molecule has 1 aliphatic carbocycles. The normalized spacial score (nSPS) is 23.1. The number of nitrogens with one attached hydrogen (secondary N) is 1. The molecule has 0 aromatic heterocycles. The first kappa shape index (κ1) is 14.0. The molecule has 0 saturated heterocycles. The molecule has 1 aliphatic rings. The molecule has 0 spiro atoms. The van der Waals surface area contributed by atoms with Gasteiger partial charge in [-0.25, -0.2) is 0 Å². The molecule has 0 aliphatic heterocycles. The summed E-state index contributed by atoms with van der Waals surface area (Å²) in [6.07, 6.45) is 3.31. The molecule has 2 atom stereocenters. The molecule has 0 radical (unpaired) electrons. The number of hydrogen-bond donors (Lipinski definition) is 1. The summed E-state index contributed by atoms with van der Waals surface area (Å²) in [7, 11) is 0. The Labute approximate surface area is 122 Å². The van der Waals surface area contributed by atoms with E-state index in [-0.39, 0.29) is 17.3 Å². The first-order valence-electron chi connectivity index (χ1n) is 5.93. The molecule has 0 bridgehead atoms. The van der Waals surface area contributed by atoms with Crippen molar-refractivity contribution in [2.75, 3.05) is 0 Å². The number of alkyl halides is 1. The lowest BCUT2D eigenvalue weighted by Crippen LogP contribution is -2.38. The summed E-state index contributed by atoms with van der Waals surface area (Å²) in [4.78, 5) is 11.9. The number of carbonyl (C=O) groups is 1. The van der Waals surface area contributed by atoms with Gasteiger partial charge < -0.3 is 5.32 Å². The molecule has 2 nitrogen and oxygen atoms in total. The van der Waals surface area contributed by atoms with Crippen LogP contribution in [0.5, 0.6) is 0 Å². The molecule has 98 valence electrons. The lowest BCUT2D eigenvalue weighted by molar-refractivity contribution is -0.121. The van der Waals surface area contributed by atoms with Crippen molar-refractivity contribution in [3.05, 3.63) is 33.8 Å². The number of amides is 1. The fraction of sp³-hybridized carbons (Fsp3) is 0.462. The van der Waals surface area contributed by atoms with Crippen molar-refractivity contribution in [1.82, 2.24) is 5.32 Å². The third-order valence-electron chi connectivity index (χ3n) is 3.13. The minimum atomic E-state index is -0.0223. The van der Waals surface area contributed by atoms with E-state index in [2.05, 4.69) is 5.32 Å². The molecule has 1 fully saturated rings. The van der Waals surface area contributed by atoms with Crippen molar-refractivity contribution in [2.45, 2.75) is 37.1 Å². The van der Waals surface area contributed by atoms with Crippen molar-refractivity contribution in [2.24, 2.45) is 0 Å². The summed E-state index contributed by atoms with van der Waals surface area (Å²) in [5.74, 6) is -0.0223. The Morgan fingerprint density at radius 2 is 2.06 bits per heavy atom. The summed E-state index contributed by atoms with van der Waals surface area (Å²) in [5.41, 5.74) is 0.853. The van der Waals surface area contributed by atoms with Gasteiger partial charge in [-0.3, -0.25) is 4.79 Å². The maximum absolute atomic E-state index is 11.9. The largest absolute Gasteiger partial charge is 0.352 e. The molecule has 18 heavy (non-hydrogen) atoms. The topological polar surface area (TPSA) is 29.1 Å². The Kier molecular flexibility index (Phi) is 4.77. The number of rotatable bonds is 3. The molecule has 1 saturated carbocycles. The molecular formula is C13H14Cl3NO. The predicted octanol–water partition coefficient (Wildman–Crippen LogP) is 3.81. The smallest absolute Gasteiger partial charge is 0.224 e. The van der Waals surface area contributed by atoms with Crippen molar-refractivity contribution in [3.8, 4) is 0 Å². The highest BCUT2D eigenvalue weighted by Crippen LogP contribution is 2.25. The standard InChI is InChI=1S/C13H14Cl3NO/c14-9-5-4-8(6-11(9)16)7-13(18)17-12-3-1-2-10(12)15/h4-6,10,12H,1-3,7H2,(H,17,18). The van der Waals surface area contributed by atoms with Crippen LogP contribution in [0.15, 0.2) is 18.2 Å². The summed E-state index contributed by atoms with van der Waals surface area (Å²) in [5, 5.41) is 3.99. The third kappa shape index (κ3) is 3.53. The Balaban J connectivity index is 1.92. The lowest BCUT2D eigenvalue weighted by Gasteiger charge is -2.15. The van der Waals surface area contributed by atoms with Gasteiger partial charge in [-0.05, 0) is 37.0 Å². The SMILES string of the molecule is O=C(Cc1ccc(Cl)c(Cl)c1)NC1CCCC1Cl. The van der Waals surface area contributed by atoms with Crippen LogP contribution < -0.4 is 5.32 Å². The molecule has 0 heterocycles. The monoisotopic (exact) mass is 305 g/mol. The zero-order valence-electron chi connectivity index (χ0n) is 9.76. The predicted molar refractivity (Wildman–Crippen MR) is 75.6 cm³/mol. The Hall–Kier alpha value is -0.440. The zero-order valence-corrected chi connectivity index (χ0v) is 12.0. The van der Waals surface area contributed by atoms with E-state index in [0.717, 1.165) is 24.8 Å². The highest BCUT2D eigenvalue weighted by Gasteiger charge is 2.26. The lowest BCUT2D eigenvalue weighted by atomic mass is 10.1. The first-order valence-corrected chi connectivity index (χ1v) is 7.13. The van der Waals surface area contributed by atoms with E-state index in [4.69, 9.17) is 34.8 Å². The van der Waals surface area contributed by atoms with Crippen LogP contribution in [0.1, 0.15) is 24.8 Å². The molecule has 2 rings (SSSR count). The fourth-order valence-electron chi connectivity index (χ4n) is 2.17. The minimum Gasteiger partial charge on any atom is -0.352 e. The maximum atomic E-state index is 11.9. The van der Waals surface area contributed by atoms with E-state index in [1.165, 1.54) is 0 Å². The van der Waals surface area contributed by atoms with Gasteiger partial charge in [0.25, 0.3) is 0 Å². The van der Waals surface area contributed by atoms with Crippen molar-refractivity contribution in [3.63, 3.8) is 0 Å². The van der Waals surface area contributed by atoms with Gasteiger partial charge in [0.1, 0.15) is 0 Å². The number of halogens is 3. The van der Waals surface area contributed by atoms with Crippen molar-refractivity contribution in [1.29, 1.82) is 0 Å². The molecule has 1 amide bonds. The van der Waals surface area contributed by atoms with Gasteiger partial charge in [0.15, 0.2) is 0 Å². The average Bonchev–Trinajstić information content (AvgIpc) is 2.70. The average molecular weight is 307 g/mol. The van der Waals surface area contributed by atoms with Gasteiger partial charge in [0.2, 0.25) is 5.91 Å². The molecular weight excluding hydrogens is 293 g/mol. The molecule has 2 unspecified atom stereocenters. The quantitative estimate of drug-likeness (QED) is 0.845. The molecule has 5 heteroatoms. The minimum absolute atomic E-state index is 0.0223. The van der Waals surface area contributed by atoms with Gasteiger partial charge in [-0.15, -0.1) is 11.6 Å². The summed E-state index contributed by atoms with van der Waals surface area (Å²) in [6, 6.07) is 5.32. The summed E-state index contributed by atoms with van der Waals surface area (Å²) >= 11 is 17.8. The fourth-order valence-corrected chi connectivity index (χ4v) is 2.83. The second kappa shape index (κ2) is 6.14. The van der Waals surface area contributed by atoms with Crippen LogP contribution >= 0.6 is 34.8 Å². The van der Waals surface area contributed by atoms with E-state index < -0.39 is 0 Å². The second-order valence-corrected chi connectivity index (χ2v) is 5.92. The highest BCUT2D eigenvalue weighted by molar-refractivity contribution is 6.42.